The average Bonchev–Trinajstić information content (AvgIpc) is 2.41. The first kappa shape index (κ1) is 15.0. The molecule has 2 amide bonds. The SMILES string of the molecule is O=C(Nc1ccc(I)cc1C(=O)O)NC1CCOCC1. The summed E-state index contributed by atoms with van der Waals surface area (Å²) < 4.78 is 6.01. The number of benzene rings is 1. The van der Waals surface area contributed by atoms with Crippen molar-refractivity contribution in [2.24, 2.45) is 0 Å². The predicted molar refractivity (Wildman–Crippen MR) is 82.1 cm³/mol. The zero-order chi connectivity index (χ0) is 14.5. The van der Waals surface area contributed by atoms with E-state index in [9.17, 15) is 9.59 Å². The number of hydrogen-bond acceptors (Lipinski definition) is 3. The van der Waals surface area contributed by atoms with Crippen molar-refractivity contribution in [1.82, 2.24) is 5.32 Å². The third-order valence-corrected chi connectivity index (χ3v) is 3.69. The molecule has 1 heterocycles. The summed E-state index contributed by atoms with van der Waals surface area (Å²) in [6, 6.07) is 4.54. The van der Waals surface area contributed by atoms with Crippen LogP contribution in [-0.4, -0.2) is 36.4 Å². The number of aromatic carboxylic acids is 1. The van der Waals surface area contributed by atoms with Crippen molar-refractivity contribution in [3.05, 3.63) is 27.3 Å². The van der Waals surface area contributed by atoms with Crippen molar-refractivity contribution in [2.45, 2.75) is 18.9 Å². The molecular weight excluding hydrogens is 375 g/mol. The Bertz CT molecular complexity index is 515. The smallest absolute Gasteiger partial charge is 0.337 e. The number of halogens is 1. The Hall–Kier alpha value is -1.35. The van der Waals surface area contributed by atoms with E-state index in [1.165, 1.54) is 6.07 Å². The van der Waals surface area contributed by atoms with Crippen LogP contribution in [0.1, 0.15) is 23.2 Å². The first-order valence-corrected chi connectivity index (χ1v) is 7.32. The van der Waals surface area contributed by atoms with Crippen molar-refractivity contribution < 1.29 is 19.4 Å². The third-order valence-electron chi connectivity index (χ3n) is 3.02. The fourth-order valence-electron chi connectivity index (χ4n) is 1.99. The van der Waals surface area contributed by atoms with Gasteiger partial charge in [0.25, 0.3) is 0 Å². The van der Waals surface area contributed by atoms with Gasteiger partial charge in [0, 0.05) is 22.8 Å². The molecule has 20 heavy (non-hydrogen) atoms. The van der Waals surface area contributed by atoms with Gasteiger partial charge in [0.1, 0.15) is 0 Å². The molecule has 0 spiro atoms. The van der Waals surface area contributed by atoms with E-state index < -0.39 is 5.97 Å². The Kier molecular flexibility index (Phi) is 5.18. The van der Waals surface area contributed by atoms with Crippen molar-refractivity contribution in [2.75, 3.05) is 18.5 Å². The molecule has 1 aliphatic heterocycles. The summed E-state index contributed by atoms with van der Waals surface area (Å²) in [6.45, 7) is 1.27. The second kappa shape index (κ2) is 6.89. The first-order chi connectivity index (χ1) is 9.56. The number of anilines is 1. The van der Waals surface area contributed by atoms with E-state index in [0.717, 1.165) is 16.4 Å². The van der Waals surface area contributed by atoms with Gasteiger partial charge in [-0.2, -0.15) is 0 Å². The fourth-order valence-corrected chi connectivity index (χ4v) is 2.48. The molecule has 0 saturated carbocycles. The van der Waals surface area contributed by atoms with Gasteiger partial charge < -0.3 is 20.5 Å². The summed E-state index contributed by atoms with van der Waals surface area (Å²) in [7, 11) is 0. The summed E-state index contributed by atoms with van der Waals surface area (Å²) in [5.74, 6) is -1.06. The fraction of sp³-hybridized carbons (Fsp3) is 0.385. The van der Waals surface area contributed by atoms with Crippen LogP contribution in [0.2, 0.25) is 0 Å². The molecule has 0 bridgehead atoms. The van der Waals surface area contributed by atoms with E-state index in [4.69, 9.17) is 9.84 Å². The van der Waals surface area contributed by atoms with E-state index >= 15 is 0 Å². The van der Waals surface area contributed by atoms with E-state index in [0.29, 0.717) is 18.9 Å². The zero-order valence-corrected chi connectivity index (χ0v) is 12.8. The Morgan fingerprint density at radius 3 is 2.65 bits per heavy atom. The van der Waals surface area contributed by atoms with Crippen LogP contribution in [0.15, 0.2) is 18.2 Å². The molecule has 0 aromatic heterocycles. The van der Waals surface area contributed by atoms with Crippen LogP contribution >= 0.6 is 22.6 Å². The molecule has 1 aliphatic rings. The topological polar surface area (TPSA) is 87.7 Å². The summed E-state index contributed by atoms with van der Waals surface area (Å²) in [5, 5.41) is 14.5. The molecule has 1 aromatic carbocycles. The third kappa shape index (κ3) is 4.07. The molecule has 3 N–H and O–H groups in total. The van der Waals surface area contributed by atoms with E-state index in [1.807, 2.05) is 22.6 Å². The highest BCUT2D eigenvalue weighted by Gasteiger charge is 2.18. The average molecular weight is 390 g/mol. The maximum atomic E-state index is 11.9. The van der Waals surface area contributed by atoms with Gasteiger partial charge in [0.15, 0.2) is 0 Å². The highest BCUT2D eigenvalue weighted by Crippen LogP contribution is 2.19. The van der Waals surface area contributed by atoms with Gasteiger partial charge in [-0.25, -0.2) is 9.59 Å². The first-order valence-electron chi connectivity index (χ1n) is 6.24. The number of carboxylic acids is 1. The second-order valence-corrected chi connectivity index (χ2v) is 5.73. The van der Waals surface area contributed by atoms with Gasteiger partial charge >= 0.3 is 12.0 Å². The second-order valence-electron chi connectivity index (χ2n) is 4.48. The Morgan fingerprint density at radius 2 is 2.00 bits per heavy atom. The monoisotopic (exact) mass is 390 g/mol. The lowest BCUT2D eigenvalue weighted by atomic mass is 10.1. The zero-order valence-electron chi connectivity index (χ0n) is 10.7. The predicted octanol–water partition coefficient (Wildman–Crippen LogP) is 2.29. The lowest BCUT2D eigenvalue weighted by Gasteiger charge is -2.23. The summed E-state index contributed by atoms with van der Waals surface area (Å²) >= 11 is 2.03. The molecule has 1 aromatic rings. The Labute approximate surface area is 130 Å². The molecule has 7 heteroatoms. The summed E-state index contributed by atoms with van der Waals surface area (Å²) in [4.78, 5) is 23.0. The van der Waals surface area contributed by atoms with Crippen LogP contribution in [0.25, 0.3) is 0 Å². The van der Waals surface area contributed by atoms with Gasteiger partial charge in [-0.3, -0.25) is 0 Å². The van der Waals surface area contributed by atoms with Crippen LogP contribution in [0.5, 0.6) is 0 Å². The molecule has 108 valence electrons. The quantitative estimate of drug-likeness (QED) is 0.692. The van der Waals surface area contributed by atoms with Gasteiger partial charge in [0.2, 0.25) is 0 Å². The van der Waals surface area contributed by atoms with Crippen molar-refractivity contribution in [3.63, 3.8) is 0 Å². The van der Waals surface area contributed by atoms with E-state index in [1.54, 1.807) is 12.1 Å². The van der Waals surface area contributed by atoms with Crippen molar-refractivity contribution in [3.8, 4) is 0 Å². The summed E-state index contributed by atoms with van der Waals surface area (Å²) in [6.07, 6.45) is 1.54. The molecule has 1 fully saturated rings. The maximum Gasteiger partial charge on any atom is 0.337 e. The van der Waals surface area contributed by atoms with Crippen LogP contribution in [0.3, 0.4) is 0 Å². The number of carbonyl (C=O) groups excluding carboxylic acids is 1. The van der Waals surface area contributed by atoms with Crippen LogP contribution in [0, 0.1) is 3.57 Å². The summed E-state index contributed by atoms with van der Waals surface area (Å²) in [5.41, 5.74) is 0.376. The number of carboxylic acid groups (broad SMARTS) is 1. The van der Waals surface area contributed by atoms with Gasteiger partial charge in [-0.1, -0.05) is 0 Å². The Balaban J connectivity index is 2.01. The maximum absolute atomic E-state index is 11.9. The number of carbonyl (C=O) groups is 2. The molecule has 2 rings (SSSR count). The largest absolute Gasteiger partial charge is 0.478 e. The van der Waals surface area contributed by atoms with Crippen LogP contribution in [-0.2, 0) is 4.74 Å². The molecular formula is C13H15IN2O4. The number of rotatable bonds is 3. The normalized spacial score (nSPS) is 15.7. The standard InChI is InChI=1S/C13H15IN2O4/c14-8-1-2-11(10(7-8)12(17)18)16-13(19)15-9-3-5-20-6-4-9/h1-2,7,9H,3-6H2,(H,17,18)(H2,15,16,19). The van der Waals surface area contributed by atoms with Crippen molar-refractivity contribution >= 4 is 40.3 Å². The van der Waals surface area contributed by atoms with Gasteiger partial charge in [-0.15, -0.1) is 0 Å². The Morgan fingerprint density at radius 1 is 1.30 bits per heavy atom. The highest BCUT2D eigenvalue weighted by molar-refractivity contribution is 14.1. The molecule has 0 radical (unpaired) electrons. The van der Waals surface area contributed by atoms with Gasteiger partial charge in [0.05, 0.1) is 11.3 Å². The van der Waals surface area contributed by atoms with Crippen LogP contribution < -0.4 is 10.6 Å². The molecule has 0 aliphatic carbocycles. The van der Waals surface area contributed by atoms with Crippen LogP contribution in [0.4, 0.5) is 10.5 Å². The molecule has 0 unspecified atom stereocenters. The lowest BCUT2D eigenvalue weighted by Crippen LogP contribution is -2.41. The minimum Gasteiger partial charge on any atom is -0.478 e. The number of urea groups is 1. The molecule has 6 nitrogen and oxygen atoms in total. The highest BCUT2D eigenvalue weighted by atomic mass is 127. The molecule has 1 saturated heterocycles. The number of ether oxygens (including phenoxy) is 1. The van der Waals surface area contributed by atoms with Gasteiger partial charge in [-0.05, 0) is 53.6 Å². The lowest BCUT2D eigenvalue weighted by molar-refractivity contribution is 0.0698. The number of nitrogens with one attached hydrogen (secondary N) is 2. The molecule has 0 atom stereocenters. The minimum atomic E-state index is -1.06. The number of amides is 2. The minimum absolute atomic E-state index is 0.0703. The number of hydrogen-bond donors (Lipinski definition) is 3. The van der Waals surface area contributed by atoms with E-state index in [2.05, 4.69) is 10.6 Å². The van der Waals surface area contributed by atoms with E-state index in [-0.39, 0.29) is 17.6 Å². The van der Waals surface area contributed by atoms with Crippen molar-refractivity contribution in [1.29, 1.82) is 0 Å².